The number of dihydropyridines is 1. The van der Waals surface area contributed by atoms with Crippen molar-refractivity contribution in [3.8, 4) is 5.75 Å². The van der Waals surface area contributed by atoms with Gasteiger partial charge in [-0.05, 0) is 37.6 Å². The molecule has 2 aromatic carbocycles. The van der Waals surface area contributed by atoms with Crippen LogP contribution in [0, 0.1) is 0 Å². The van der Waals surface area contributed by atoms with Crippen molar-refractivity contribution < 1.29 is 46.8 Å². The van der Waals surface area contributed by atoms with E-state index in [9.17, 15) is 27.9 Å². The Balaban J connectivity index is 2.02. The van der Waals surface area contributed by atoms with Crippen molar-refractivity contribution in [1.29, 1.82) is 0 Å². The summed E-state index contributed by atoms with van der Waals surface area (Å²) in [5, 5.41) is 12.2. The van der Waals surface area contributed by atoms with Crippen LogP contribution in [0.1, 0.15) is 36.5 Å². The highest BCUT2D eigenvalue weighted by atomic mass is 19.4. The van der Waals surface area contributed by atoms with Crippen LogP contribution in [0.3, 0.4) is 0 Å². The van der Waals surface area contributed by atoms with E-state index in [1.54, 1.807) is 38.1 Å². The molecule has 0 saturated heterocycles. The first kappa shape index (κ1) is 25.5. The number of para-hydroxylation sites is 1. The molecule has 1 atom stereocenters. The molecule has 1 aliphatic heterocycles. The molecule has 1 aliphatic rings. The van der Waals surface area contributed by atoms with Crippen molar-refractivity contribution in [2.45, 2.75) is 32.5 Å². The van der Waals surface area contributed by atoms with E-state index in [0.29, 0.717) is 17.0 Å². The molecule has 0 radical (unpaired) electrons. The summed E-state index contributed by atoms with van der Waals surface area (Å²) in [7, 11) is 1.12. The van der Waals surface area contributed by atoms with Gasteiger partial charge in [-0.25, -0.2) is 9.59 Å². The SMILES string of the molecule is COC(=O)OC1=C(C)NC(C)=C(OC(=O)O)C1c1ccccc1OCc1cccc(C(F)(F)F)c1. The van der Waals surface area contributed by atoms with Crippen molar-refractivity contribution >= 4 is 12.3 Å². The molecule has 0 amide bonds. The van der Waals surface area contributed by atoms with Crippen LogP contribution in [-0.4, -0.2) is 24.5 Å². The van der Waals surface area contributed by atoms with Gasteiger partial charge in [-0.15, -0.1) is 0 Å². The lowest BCUT2D eigenvalue weighted by Gasteiger charge is -2.30. The molecule has 0 aliphatic carbocycles. The molecule has 35 heavy (non-hydrogen) atoms. The monoisotopic (exact) mass is 493 g/mol. The quantitative estimate of drug-likeness (QED) is 0.479. The Morgan fingerprint density at radius 2 is 1.66 bits per heavy atom. The maximum Gasteiger partial charge on any atom is 0.513 e. The topological polar surface area (TPSA) is 103 Å². The van der Waals surface area contributed by atoms with Crippen LogP contribution < -0.4 is 10.1 Å². The number of carbonyl (C=O) groups is 2. The average Bonchev–Trinajstić information content (AvgIpc) is 2.80. The van der Waals surface area contributed by atoms with E-state index in [4.69, 9.17) is 14.2 Å². The Labute approximate surface area is 198 Å². The molecule has 0 bridgehead atoms. The van der Waals surface area contributed by atoms with Crippen LogP contribution in [0.4, 0.5) is 22.8 Å². The number of methoxy groups -OCH3 is 1. The lowest BCUT2D eigenvalue weighted by molar-refractivity contribution is -0.137. The van der Waals surface area contributed by atoms with E-state index in [1.807, 2.05) is 0 Å². The van der Waals surface area contributed by atoms with Crippen LogP contribution in [0.25, 0.3) is 0 Å². The largest absolute Gasteiger partial charge is 0.513 e. The zero-order chi connectivity index (χ0) is 25.8. The molecule has 2 N–H and O–H groups in total. The fraction of sp³-hybridized carbons (Fsp3) is 0.250. The van der Waals surface area contributed by atoms with E-state index in [2.05, 4.69) is 10.1 Å². The fourth-order valence-corrected chi connectivity index (χ4v) is 3.58. The summed E-state index contributed by atoms with van der Waals surface area (Å²) in [5.74, 6) is -0.884. The Morgan fingerprint density at radius 1 is 1.00 bits per heavy atom. The van der Waals surface area contributed by atoms with Crippen molar-refractivity contribution in [3.05, 3.63) is 88.1 Å². The molecule has 3 rings (SSSR count). The van der Waals surface area contributed by atoms with Gasteiger partial charge >= 0.3 is 18.5 Å². The zero-order valence-electron chi connectivity index (χ0n) is 18.9. The molecular weight excluding hydrogens is 471 g/mol. The highest BCUT2D eigenvalue weighted by molar-refractivity contribution is 5.64. The van der Waals surface area contributed by atoms with E-state index < -0.39 is 30.0 Å². The fourth-order valence-electron chi connectivity index (χ4n) is 3.58. The number of ether oxygens (including phenoxy) is 4. The number of benzene rings is 2. The maximum atomic E-state index is 13.1. The molecule has 0 fully saturated rings. The first-order chi connectivity index (χ1) is 16.5. The standard InChI is InChI=1S/C24H22F3NO7/c1-13-20(34-22(29)30)19(21(14(2)28-13)35-23(31)32-3)17-9-4-5-10-18(17)33-12-15-7-6-8-16(11-15)24(25,26)27/h4-11,19,28H,12H2,1-3H3,(H,29,30). The van der Waals surface area contributed by atoms with Gasteiger partial charge in [-0.2, -0.15) is 13.2 Å². The molecule has 186 valence electrons. The summed E-state index contributed by atoms with van der Waals surface area (Å²) in [6, 6.07) is 11.1. The minimum absolute atomic E-state index is 0.00817. The van der Waals surface area contributed by atoms with Gasteiger partial charge in [0.2, 0.25) is 0 Å². The van der Waals surface area contributed by atoms with Crippen molar-refractivity contribution in [2.24, 2.45) is 0 Å². The number of hydrogen-bond acceptors (Lipinski definition) is 7. The van der Waals surface area contributed by atoms with Gasteiger partial charge in [0.15, 0.2) is 0 Å². The van der Waals surface area contributed by atoms with Gasteiger partial charge < -0.3 is 29.4 Å². The maximum absolute atomic E-state index is 13.1. The number of allylic oxidation sites excluding steroid dienone is 2. The van der Waals surface area contributed by atoms with E-state index >= 15 is 0 Å². The van der Waals surface area contributed by atoms with Crippen LogP contribution in [0.5, 0.6) is 5.75 Å². The average molecular weight is 493 g/mol. The molecule has 0 saturated carbocycles. The predicted molar refractivity (Wildman–Crippen MR) is 116 cm³/mol. The second kappa shape index (κ2) is 10.4. The summed E-state index contributed by atoms with van der Waals surface area (Å²) in [6.07, 6.45) is -7.13. The van der Waals surface area contributed by atoms with Crippen molar-refractivity contribution in [2.75, 3.05) is 7.11 Å². The Morgan fingerprint density at radius 3 is 2.29 bits per heavy atom. The van der Waals surface area contributed by atoms with Gasteiger partial charge in [0.1, 0.15) is 29.8 Å². The smallest absolute Gasteiger partial charge is 0.489 e. The highest BCUT2D eigenvalue weighted by Crippen LogP contribution is 2.43. The summed E-state index contributed by atoms with van der Waals surface area (Å²) in [5.41, 5.74) is 0.553. The number of carbonyl (C=O) groups excluding carboxylic acids is 1. The second-order valence-corrected chi connectivity index (χ2v) is 7.49. The van der Waals surface area contributed by atoms with Crippen LogP contribution in [0.15, 0.2) is 71.4 Å². The molecule has 0 spiro atoms. The third-order valence-corrected chi connectivity index (χ3v) is 5.07. The summed E-state index contributed by atoms with van der Waals surface area (Å²) in [4.78, 5) is 23.3. The summed E-state index contributed by atoms with van der Waals surface area (Å²) >= 11 is 0. The number of nitrogens with one attached hydrogen (secondary N) is 1. The molecule has 1 unspecified atom stereocenters. The van der Waals surface area contributed by atoms with Crippen LogP contribution >= 0.6 is 0 Å². The minimum Gasteiger partial charge on any atom is -0.489 e. The molecule has 0 aromatic heterocycles. The number of hydrogen-bond donors (Lipinski definition) is 2. The highest BCUT2D eigenvalue weighted by Gasteiger charge is 2.37. The predicted octanol–water partition coefficient (Wildman–Crippen LogP) is 5.91. The first-order valence-electron chi connectivity index (χ1n) is 10.2. The lowest BCUT2D eigenvalue weighted by atomic mass is 9.90. The van der Waals surface area contributed by atoms with Gasteiger partial charge in [-0.3, -0.25) is 0 Å². The summed E-state index contributed by atoms with van der Waals surface area (Å²) < 4.78 is 60.0. The van der Waals surface area contributed by atoms with Crippen molar-refractivity contribution in [1.82, 2.24) is 5.32 Å². The molecule has 8 nitrogen and oxygen atoms in total. The van der Waals surface area contributed by atoms with Gasteiger partial charge in [0.05, 0.1) is 24.1 Å². The second-order valence-electron chi connectivity index (χ2n) is 7.49. The Bertz CT molecular complexity index is 1190. The molecular formula is C24H22F3NO7. The number of rotatable bonds is 6. The molecule has 2 aromatic rings. The third kappa shape index (κ3) is 6.05. The lowest BCUT2D eigenvalue weighted by Crippen LogP contribution is -2.29. The zero-order valence-corrected chi connectivity index (χ0v) is 18.9. The van der Waals surface area contributed by atoms with Gasteiger partial charge in [0.25, 0.3) is 0 Å². The normalized spacial score (nSPS) is 15.9. The van der Waals surface area contributed by atoms with E-state index in [1.165, 1.54) is 12.1 Å². The van der Waals surface area contributed by atoms with E-state index in [-0.39, 0.29) is 29.4 Å². The third-order valence-electron chi connectivity index (χ3n) is 5.07. The van der Waals surface area contributed by atoms with Crippen LogP contribution in [0.2, 0.25) is 0 Å². The number of carboxylic acid groups (broad SMARTS) is 1. The Hall–Kier alpha value is -4.15. The van der Waals surface area contributed by atoms with Gasteiger partial charge in [-0.1, -0.05) is 30.3 Å². The summed E-state index contributed by atoms with van der Waals surface area (Å²) in [6.45, 7) is 2.98. The molecule has 1 heterocycles. The minimum atomic E-state index is -4.50. The first-order valence-corrected chi connectivity index (χ1v) is 10.2. The van der Waals surface area contributed by atoms with Crippen LogP contribution in [-0.2, 0) is 27.0 Å². The number of halogens is 3. The van der Waals surface area contributed by atoms with E-state index in [0.717, 1.165) is 19.2 Å². The molecule has 11 heteroatoms. The van der Waals surface area contributed by atoms with Gasteiger partial charge in [0, 0.05) is 5.56 Å². The number of alkyl halides is 3. The Kier molecular flexibility index (Phi) is 7.58. The van der Waals surface area contributed by atoms with Crippen molar-refractivity contribution in [3.63, 3.8) is 0 Å².